The van der Waals surface area contributed by atoms with Crippen molar-refractivity contribution in [3.05, 3.63) is 35.9 Å². The maximum absolute atomic E-state index is 11.6. The van der Waals surface area contributed by atoms with Gasteiger partial charge >= 0.3 is 7.60 Å². The van der Waals surface area contributed by atoms with Gasteiger partial charge in [0.15, 0.2) is 0 Å². The van der Waals surface area contributed by atoms with Crippen molar-refractivity contribution in [1.29, 1.82) is 0 Å². The van der Waals surface area contributed by atoms with E-state index in [1.54, 1.807) is 0 Å². The van der Waals surface area contributed by atoms with Crippen molar-refractivity contribution in [2.45, 2.75) is 6.42 Å². The minimum atomic E-state index is -3.17. The Morgan fingerprint density at radius 2 is 1.82 bits per heavy atom. The van der Waals surface area contributed by atoms with E-state index >= 15 is 0 Å². The fourth-order valence-corrected chi connectivity index (χ4v) is 2.01. The summed E-state index contributed by atoms with van der Waals surface area (Å²) in [4.78, 5) is 11.5. The number of rotatable bonds is 6. The Kier molecular flexibility index (Phi) is 5.35. The van der Waals surface area contributed by atoms with Crippen LogP contribution in [-0.4, -0.2) is 26.4 Å². The van der Waals surface area contributed by atoms with Gasteiger partial charge < -0.3 is 14.4 Å². The van der Waals surface area contributed by atoms with Gasteiger partial charge in [-0.1, -0.05) is 30.3 Å². The molecule has 0 heterocycles. The van der Waals surface area contributed by atoms with Crippen LogP contribution in [0.15, 0.2) is 30.3 Å². The number of amides is 1. The van der Waals surface area contributed by atoms with E-state index in [9.17, 15) is 9.36 Å². The molecule has 1 N–H and O–H groups in total. The Morgan fingerprint density at radius 1 is 1.24 bits per heavy atom. The summed E-state index contributed by atoms with van der Waals surface area (Å²) in [6.45, 7) is 0. The zero-order valence-electron chi connectivity index (χ0n) is 9.88. The first kappa shape index (κ1) is 13.9. The molecule has 6 heteroatoms. The molecule has 0 atom stereocenters. The van der Waals surface area contributed by atoms with Crippen LogP contribution in [0.4, 0.5) is 0 Å². The SMILES string of the molecule is COP(=O)(CNC(=O)Cc1ccccc1)OC. The molecule has 0 aliphatic heterocycles. The van der Waals surface area contributed by atoms with Gasteiger partial charge in [0, 0.05) is 14.2 Å². The van der Waals surface area contributed by atoms with Gasteiger partial charge in [-0.05, 0) is 5.56 Å². The second-order valence-electron chi connectivity index (χ2n) is 3.40. The highest BCUT2D eigenvalue weighted by molar-refractivity contribution is 7.53. The van der Waals surface area contributed by atoms with Gasteiger partial charge in [-0.3, -0.25) is 9.36 Å². The average molecular weight is 257 g/mol. The molecular formula is C11H16NO4P. The fraction of sp³-hybridized carbons (Fsp3) is 0.364. The Bertz CT molecular complexity index is 399. The molecule has 0 fully saturated rings. The second kappa shape index (κ2) is 6.55. The molecular weight excluding hydrogens is 241 g/mol. The van der Waals surface area contributed by atoms with Crippen molar-refractivity contribution in [1.82, 2.24) is 5.32 Å². The number of nitrogens with one attached hydrogen (secondary N) is 1. The lowest BCUT2D eigenvalue weighted by atomic mass is 10.1. The number of hydrogen-bond donors (Lipinski definition) is 1. The summed E-state index contributed by atoms with van der Waals surface area (Å²) in [5.41, 5.74) is 0.898. The molecule has 0 aliphatic rings. The van der Waals surface area contributed by atoms with Crippen molar-refractivity contribution in [2.24, 2.45) is 0 Å². The van der Waals surface area contributed by atoms with Crippen molar-refractivity contribution >= 4 is 13.5 Å². The third kappa shape index (κ3) is 4.69. The van der Waals surface area contributed by atoms with Crippen LogP contribution in [0.1, 0.15) is 5.56 Å². The summed E-state index contributed by atoms with van der Waals surface area (Å²) in [7, 11) is -0.601. The van der Waals surface area contributed by atoms with Crippen LogP contribution in [0.2, 0.25) is 0 Å². The zero-order chi connectivity index (χ0) is 12.7. The highest BCUT2D eigenvalue weighted by Crippen LogP contribution is 2.44. The van der Waals surface area contributed by atoms with E-state index in [-0.39, 0.29) is 18.6 Å². The van der Waals surface area contributed by atoms with Gasteiger partial charge in [0.2, 0.25) is 5.91 Å². The monoisotopic (exact) mass is 257 g/mol. The van der Waals surface area contributed by atoms with Gasteiger partial charge in [-0.15, -0.1) is 0 Å². The predicted octanol–water partition coefficient (Wildman–Crippen LogP) is 1.79. The standard InChI is InChI=1S/C11H16NO4P/c1-15-17(14,16-2)9-12-11(13)8-10-6-4-3-5-7-10/h3-7H,8-9H2,1-2H3,(H,12,13). The number of benzene rings is 1. The van der Waals surface area contributed by atoms with E-state index in [0.29, 0.717) is 0 Å². The van der Waals surface area contributed by atoms with Crippen molar-refractivity contribution in [3.8, 4) is 0 Å². The number of carbonyl (C=O) groups excluding carboxylic acids is 1. The van der Waals surface area contributed by atoms with Crippen molar-refractivity contribution in [3.63, 3.8) is 0 Å². The van der Waals surface area contributed by atoms with E-state index in [1.165, 1.54) is 14.2 Å². The van der Waals surface area contributed by atoms with E-state index in [4.69, 9.17) is 9.05 Å². The van der Waals surface area contributed by atoms with Gasteiger partial charge in [0.1, 0.15) is 6.29 Å². The number of hydrogen-bond acceptors (Lipinski definition) is 4. The zero-order valence-corrected chi connectivity index (χ0v) is 10.8. The summed E-state index contributed by atoms with van der Waals surface area (Å²) in [5.74, 6) is -0.217. The van der Waals surface area contributed by atoms with Crippen LogP contribution in [0.3, 0.4) is 0 Å². The van der Waals surface area contributed by atoms with Gasteiger partial charge in [0.05, 0.1) is 6.42 Å². The first-order valence-electron chi connectivity index (χ1n) is 5.11. The molecule has 1 aromatic carbocycles. The van der Waals surface area contributed by atoms with Crippen LogP contribution < -0.4 is 5.32 Å². The lowest BCUT2D eigenvalue weighted by molar-refractivity contribution is -0.120. The molecule has 0 unspecified atom stereocenters. The average Bonchev–Trinajstić information content (AvgIpc) is 2.37. The molecule has 0 saturated carbocycles. The fourth-order valence-electron chi connectivity index (χ4n) is 1.23. The molecule has 0 saturated heterocycles. The summed E-state index contributed by atoms with van der Waals surface area (Å²) in [5, 5.41) is 2.52. The molecule has 0 radical (unpaired) electrons. The highest BCUT2D eigenvalue weighted by atomic mass is 31.2. The van der Waals surface area contributed by atoms with E-state index in [2.05, 4.69) is 5.32 Å². The Morgan fingerprint density at radius 3 is 2.35 bits per heavy atom. The molecule has 0 aromatic heterocycles. The normalized spacial score (nSPS) is 11.2. The van der Waals surface area contributed by atoms with E-state index < -0.39 is 7.60 Å². The minimum Gasteiger partial charge on any atom is -0.344 e. The first-order chi connectivity index (χ1) is 8.09. The molecule has 0 spiro atoms. The van der Waals surface area contributed by atoms with E-state index in [0.717, 1.165) is 5.56 Å². The lowest BCUT2D eigenvalue weighted by Crippen LogP contribution is -2.26. The van der Waals surface area contributed by atoms with Gasteiger partial charge in [-0.2, -0.15) is 0 Å². The summed E-state index contributed by atoms with van der Waals surface area (Å²) in [6, 6.07) is 9.30. The largest absolute Gasteiger partial charge is 0.349 e. The quantitative estimate of drug-likeness (QED) is 0.789. The third-order valence-corrected chi connectivity index (χ3v) is 3.89. The maximum Gasteiger partial charge on any atom is 0.349 e. The first-order valence-corrected chi connectivity index (χ1v) is 6.83. The summed E-state index contributed by atoms with van der Waals surface area (Å²) >= 11 is 0. The predicted molar refractivity (Wildman–Crippen MR) is 64.8 cm³/mol. The Labute approximate surface area is 101 Å². The molecule has 0 aliphatic carbocycles. The van der Waals surface area contributed by atoms with Crippen LogP contribution in [0.5, 0.6) is 0 Å². The topological polar surface area (TPSA) is 64.6 Å². The molecule has 5 nitrogen and oxygen atoms in total. The van der Waals surface area contributed by atoms with Crippen molar-refractivity contribution in [2.75, 3.05) is 20.5 Å². The van der Waals surface area contributed by atoms with Crippen molar-refractivity contribution < 1.29 is 18.4 Å². The van der Waals surface area contributed by atoms with Gasteiger partial charge in [0.25, 0.3) is 0 Å². The molecule has 1 aromatic rings. The van der Waals surface area contributed by atoms with Crippen LogP contribution >= 0.6 is 7.60 Å². The van der Waals surface area contributed by atoms with Crippen LogP contribution in [0, 0.1) is 0 Å². The Hall–Kier alpha value is -1.16. The Balaban J connectivity index is 2.43. The van der Waals surface area contributed by atoms with Crippen LogP contribution in [0.25, 0.3) is 0 Å². The molecule has 17 heavy (non-hydrogen) atoms. The lowest BCUT2D eigenvalue weighted by Gasteiger charge is -2.14. The van der Waals surface area contributed by atoms with Gasteiger partial charge in [-0.25, -0.2) is 0 Å². The third-order valence-electron chi connectivity index (χ3n) is 2.23. The molecule has 0 bridgehead atoms. The van der Waals surface area contributed by atoms with Crippen LogP contribution in [-0.2, 0) is 24.8 Å². The van der Waals surface area contributed by atoms with E-state index in [1.807, 2.05) is 30.3 Å². The summed E-state index contributed by atoms with van der Waals surface area (Å²) < 4.78 is 21.1. The molecule has 94 valence electrons. The highest BCUT2D eigenvalue weighted by Gasteiger charge is 2.21. The molecule has 1 amide bonds. The number of carbonyl (C=O) groups is 1. The smallest absolute Gasteiger partial charge is 0.344 e. The maximum atomic E-state index is 11.6. The minimum absolute atomic E-state index is 0.119. The molecule has 1 rings (SSSR count). The second-order valence-corrected chi connectivity index (χ2v) is 5.66. The summed E-state index contributed by atoms with van der Waals surface area (Å²) in [6.07, 6.45) is 0.125.